The minimum atomic E-state index is -3.09. The van der Waals surface area contributed by atoms with Crippen molar-refractivity contribution in [3.05, 3.63) is 65.0 Å². The third-order valence-electron chi connectivity index (χ3n) is 5.14. The SMILES string of the molecule is CCOc1c2c(c(OC(F)F)c3ccccc13)CN(c1ccc(CC=O)c(F)c1)C2=O. The quantitative estimate of drug-likeness (QED) is 0.503. The number of fused-ring (bicyclic) bond motifs is 2. The third kappa shape index (κ3) is 3.58. The van der Waals surface area contributed by atoms with Crippen molar-refractivity contribution >= 4 is 28.7 Å². The van der Waals surface area contributed by atoms with Gasteiger partial charge in [-0.2, -0.15) is 8.78 Å². The number of aldehydes is 1. The lowest BCUT2D eigenvalue weighted by molar-refractivity contribution is -0.107. The zero-order valence-corrected chi connectivity index (χ0v) is 16.5. The van der Waals surface area contributed by atoms with Crippen LogP contribution in [0.25, 0.3) is 10.8 Å². The molecule has 0 saturated heterocycles. The molecule has 0 N–H and O–H groups in total. The normalized spacial score (nSPS) is 13.1. The number of hydrogen-bond donors (Lipinski definition) is 0. The molecular formula is C23H18F3NO4. The lowest BCUT2D eigenvalue weighted by Gasteiger charge is -2.17. The van der Waals surface area contributed by atoms with Crippen molar-refractivity contribution < 1.29 is 32.2 Å². The number of halogens is 3. The van der Waals surface area contributed by atoms with Gasteiger partial charge in [0.1, 0.15) is 23.6 Å². The van der Waals surface area contributed by atoms with E-state index < -0.39 is 18.3 Å². The monoisotopic (exact) mass is 429 g/mol. The molecule has 1 aliphatic rings. The van der Waals surface area contributed by atoms with Crippen molar-refractivity contribution in [2.24, 2.45) is 0 Å². The molecule has 4 rings (SSSR count). The number of nitrogens with zero attached hydrogens (tertiary/aromatic N) is 1. The van der Waals surface area contributed by atoms with Crippen LogP contribution in [0.2, 0.25) is 0 Å². The van der Waals surface area contributed by atoms with E-state index in [0.29, 0.717) is 17.1 Å². The highest BCUT2D eigenvalue weighted by Gasteiger charge is 2.37. The number of ether oxygens (including phenoxy) is 2. The van der Waals surface area contributed by atoms with Crippen LogP contribution in [0.15, 0.2) is 42.5 Å². The van der Waals surface area contributed by atoms with Gasteiger partial charge in [0.25, 0.3) is 5.91 Å². The first-order valence-electron chi connectivity index (χ1n) is 9.65. The molecule has 5 nitrogen and oxygen atoms in total. The van der Waals surface area contributed by atoms with Crippen LogP contribution in [0.4, 0.5) is 18.9 Å². The first kappa shape index (κ1) is 20.7. The van der Waals surface area contributed by atoms with Crippen molar-refractivity contribution in [2.45, 2.75) is 26.5 Å². The highest BCUT2D eigenvalue weighted by atomic mass is 19.3. The van der Waals surface area contributed by atoms with E-state index in [-0.39, 0.29) is 53.4 Å². The van der Waals surface area contributed by atoms with Crippen molar-refractivity contribution in [2.75, 3.05) is 11.5 Å². The van der Waals surface area contributed by atoms with E-state index in [0.717, 1.165) is 6.07 Å². The van der Waals surface area contributed by atoms with Crippen LogP contribution >= 0.6 is 0 Å². The Hall–Kier alpha value is -3.55. The second kappa shape index (κ2) is 8.29. The zero-order chi connectivity index (χ0) is 22.1. The molecule has 8 heteroatoms. The molecule has 0 aromatic heterocycles. The van der Waals surface area contributed by atoms with Crippen LogP contribution < -0.4 is 14.4 Å². The molecule has 0 atom stereocenters. The predicted octanol–water partition coefficient (Wildman–Crippen LogP) is 4.88. The molecule has 1 amide bonds. The number of anilines is 1. The van der Waals surface area contributed by atoms with Gasteiger partial charge in [0, 0.05) is 28.4 Å². The van der Waals surface area contributed by atoms with Crippen molar-refractivity contribution in [1.82, 2.24) is 0 Å². The van der Waals surface area contributed by atoms with Gasteiger partial charge in [-0.1, -0.05) is 30.3 Å². The van der Waals surface area contributed by atoms with Crippen molar-refractivity contribution in [1.29, 1.82) is 0 Å². The van der Waals surface area contributed by atoms with Crippen LogP contribution in [0, 0.1) is 5.82 Å². The molecule has 0 unspecified atom stereocenters. The summed E-state index contributed by atoms with van der Waals surface area (Å²) in [5.74, 6) is -0.961. The average Bonchev–Trinajstić information content (AvgIpc) is 3.09. The molecule has 0 bridgehead atoms. The first-order chi connectivity index (χ1) is 15.0. The molecular weight excluding hydrogens is 411 g/mol. The smallest absolute Gasteiger partial charge is 0.387 e. The average molecular weight is 429 g/mol. The summed E-state index contributed by atoms with van der Waals surface area (Å²) in [5, 5.41) is 0.869. The van der Waals surface area contributed by atoms with Gasteiger partial charge in [0.05, 0.1) is 18.7 Å². The Morgan fingerprint density at radius 3 is 2.45 bits per heavy atom. The summed E-state index contributed by atoms with van der Waals surface area (Å²) in [6.07, 6.45) is 0.495. The second-order valence-corrected chi connectivity index (χ2v) is 6.91. The summed E-state index contributed by atoms with van der Waals surface area (Å²) in [6.45, 7) is -1.17. The fourth-order valence-electron chi connectivity index (χ4n) is 3.85. The van der Waals surface area contributed by atoms with Crippen molar-refractivity contribution in [3.63, 3.8) is 0 Å². The van der Waals surface area contributed by atoms with Crippen LogP contribution in [-0.2, 0) is 17.8 Å². The molecule has 160 valence electrons. The highest BCUT2D eigenvalue weighted by molar-refractivity contribution is 6.16. The van der Waals surface area contributed by atoms with Crippen molar-refractivity contribution in [3.8, 4) is 11.5 Å². The molecule has 3 aromatic rings. The van der Waals surface area contributed by atoms with E-state index in [1.807, 2.05) is 0 Å². The van der Waals surface area contributed by atoms with E-state index in [4.69, 9.17) is 9.47 Å². The van der Waals surface area contributed by atoms with E-state index in [1.54, 1.807) is 31.2 Å². The summed E-state index contributed by atoms with van der Waals surface area (Å²) in [6, 6.07) is 10.8. The van der Waals surface area contributed by atoms with Gasteiger partial charge >= 0.3 is 6.61 Å². The van der Waals surface area contributed by atoms with Gasteiger partial charge in [0.15, 0.2) is 0 Å². The second-order valence-electron chi connectivity index (χ2n) is 6.91. The molecule has 0 spiro atoms. The summed E-state index contributed by atoms with van der Waals surface area (Å²) < 4.78 is 51.4. The van der Waals surface area contributed by atoms with Gasteiger partial charge < -0.3 is 19.2 Å². The molecule has 0 aliphatic carbocycles. The highest BCUT2D eigenvalue weighted by Crippen LogP contribution is 2.46. The summed E-state index contributed by atoms with van der Waals surface area (Å²) in [5.41, 5.74) is 0.812. The number of hydrogen-bond acceptors (Lipinski definition) is 4. The Morgan fingerprint density at radius 1 is 1.13 bits per heavy atom. The maximum Gasteiger partial charge on any atom is 0.387 e. The predicted molar refractivity (Wildman–Crippen MR) is 108 cm³/mol. The van der Waals surface area contributed by atoms with E-state index in [9.17, 15) is 22.8 Å². The first-order valence-corrected chi connectivity index (χ1v) is 9.65. The Morgan fingerprint density at radius 2 is 1.84 bits per heavy atom. The van der Waals surface area contributed by atoms with Gasteiger partial charge in [0.2, 0.25) is 0 Å². The van der Waals surface area contributed by atoms with Crippen LogP contribution in [0.3, 0.4) is 0 Å². The fourth-order valence-corrected chi connectivity index (χ4v) is 3.85. The number of benzene rings is 3. The van der Waals surface area contributed by atoms with Gasteiger partial charge in [-0.05, 0) is 24.6 Å². The Labute approximate surface area is 176 Å². The van der Waals surface area contributed by atoms with E-state index in [2.05, 4.69) is 0 Å². The Kier molecular flexibility index (Phi) is 5.54. The summed E-state index contributed by atoms with van der Waals surface area (Å²) in [4.78, 5) is 25.3. The lowest BCUT2D eigenvalue weighted by Crippen LogP contribution is -2.23. The molecule has 0 radical (unpaired) electrons. The van der Waals surface area contributed by atoms with E-state index in [1.165, 1.54) is 17.0 Å². The summed E-state index contributed by atoms with van der Waals surface area (Å²) in [7, 11) is 0. The van der Waals surface area contributed by atoms with Crippen LogP contribution in [0.1, 0.15) is 28.4 Å². The number of rotatable bonds is 7. The third-order valence-corrected chi connectivity index (χ3v) is 5.14. The number of alkyl halides is 2. The Bertz CT molecular complexity index is 1180. The standard InChI is InChI=1S/C23H18F3NO4/c1-2-30-21-16-6-4-3-5-15(16)20(31-23(25)26)17-12-27(22(29)19(17)21)14-8-7-13(9-10-28)18(24)11-14/h3-8,10-11,23H,2,9,12H2,1H3. The van der Waals surface area contributed by atoms with Gasteiger partial charge in [-0.25, -0.2) is 4.39 Å². The van der Waals surface area contributed by atoms with Gasteiger partial charge in [-0.15, -0.1) is 0 Å². The maximum atomic E-state index is 14.4. The molecule has 0 saturated carbocycles. The molecule has 31 heavy (non-hydrogen) atoms. The number of carbonyl (C=O) groups is 2. The minimum Gasteiger partial charge on any atom is -0.492 e. The number of amides is 1. The maximum absolute atomic E-state index is 14.4. The largest absolute Gasteiger partial charge is 0.492 e. The number of carbonyl (C=O) groups excluding carboxylic acids is 2. The van der Waals surface area contributed by atoms with E-state index >= 15 is 0 Å². The lowest BCUT2D eigenvalue weighted by atomic mass is 9.99. The molecule has 1 heterocycles. The molecule has 1 aliphatic heterocycles. The minimum absolute atomic E-state index is 0.0897. The summed E-state index contributed by atoms with van der Waals surface area (Å²) >= 11 is 0. The zero-order valence-electron chi connectivity index (χ0n) is 16.5. The van der Waals surface area contributed by atoms with Gasteiger partial charge in [-0.3, -0.25) is 4.79 Å². The fraction of sp³-hybridized carbons (Fsp3) is 0.217. The Balaban J connectivity index is 1.89. The molecule has 0 fully saturated rings. The molecule has 3 aromatic carbocycles. The topological polar surface area (TPSA) is 55.8 Å². The van der Waals surface area contributed by atoms with Crippen LogP contribution in [-0.4, -0.2) is 25.4 Å². The van der Waals surface area contributed by atoms with Crippen LogP contribution in [0.5, 0.6) is 11.5 Å².